The van der Waals surface area contributed by atoms with E-state index in [9.17, 15) is 9.90 Å². The summed E-state index contributed by atoms with van der Waals surface area (Å²) in [6.45, 7) is 3.89. The number of aliphatic hydroxyl groups is 1. The first-order valence-electron chi connectivity index (χ1n) is 7.62. The maximum Gasteiger partial charge on any atom is 0.333 e. The molecular weight excluding hydrogens is 290 g/mol. The average molecular weight is 311 g/mol. The Morgan fingerprint density at radius 1 is 1.30 bits per heavy atom. The van der Waals surface area contributed by atoms with Crippen LogP contribution in [0.2, 0.25) is 0 Å². The lowest BCUT2D eigenvalue weighted by atomic mass is 10.0. The van der Waals surface area contributed by atoms with E-state index in [0.29, 0.717) is 18.6 Å². The predicted octanol–water partition coefficient (Wildman–Crippen LogP) is 3.32. The Morgan fingerprint density at radius 2 is 2.04 bits per heavy atom. The van der Waals surface area contributed by atoms with Gasteiger partial charge in [0, 0.05) is 24.4 Å². The molecule has 0 aliphatic heterocycles. The van der Waals surface area contributed by atoms with Gasteiger partial charge < -0.3 is 9.84 Å². The van der Waals surface area contributed by atoms with Crippen molar-refractivity contribution >= 4 is 12.0 Å². The van der Waals surface area contributed by atoms with Gasteiger partial charge in [-0.1, -0.05) is 30.3 Å². The molecule has 0 saturated carbocycles. The number of rotatable bonds is 6. The number of nitrogens with zero attached hydrogens (tertiary/aromatic N) is 1. The van der Waals surface area contributed by atoms with Gasteiger partial charge in [-0.15, -0.1) is 0 Å². The van der Waals surface area contributed by atoms with Crippen molar-refractivity contribution in [2.24, 2.45) is 0 Å². The number of ether oxygens (including phenoxy) is 1. The number of esters is 1. The van der Waals surface area contributed by atoms with Crippen LogP contribution in [-0.4, -0.2) is 22.7 Å². The largest absolute Gasteiger partial charge is 0.463 e. The summed E-state index contributed by atoms with van der Waals surface area (Å²) in [5, 5.41) is 10.2. The van der Waals surface area contributed by atoms with Gasteiger partial charge in [0.25, 0.3) is 0 Å². The van der Waals surface area contributed by atoms with Gasteiger partial charge in [0.2, 0.25) is 0 Å². The molecule has 2 rings (SSSR count). The highest BCUT2D eigenvalue weighted by atomic mass is 16.5. The maximum atomic E-state index is 11.6. The molecule has 0 amide bonds. The van der Waals surface area contributed by atoms with Crippen molar-refractivity contribution in [3.05, 3.63) is 71.1 Å². The van der Waals surface area contributed by atoms with Crippen LogP contribution in [0.15, 0.2) is 54.4 Å². The van der Waals surface area contributed by atoms with Crippen LogP contribution in [0.4, 0.5) is 0 Å². The minimum absolute atomic E-state index is 0.302. The fraction of sp³-hybridized carbons (Fsp3) is 0.263. The quantitative estimate of drug-likeness (QED) is 0.657. The van der Waals surface area contributed by atoms with E-state index >= 15 is 0 Å². The molecule has 1 aromatic heterocycles. The Labute approximate surface area is 136 Å². The SMILES string of the molecule is CCOC(=O)C(C)=Cc1ccc(CC(O)c2cccnc2)cc1. The smallest absolute Gasteiger partial charge is 0.333 e. The average Bonchev–Trinajstić information content (AvgIpc) is 2.57. The fourth-order valence-corrected chi connectivity index (χ4v) is 2.22. The third kappa shape index (κ3) is 5.04. The van der Waals surface area contributed by atoms with Crippen molar-refractivity contribution in [2.75, 3.05) is 6.61 Å². The van der Waals surface area contributed by atoms with E-state index in [4.69, 9.17) is 4.74 Å². The lowest BCUT2D eigenvalue weighted by Crippen LogP contribution is -2.04. The number of carbonyl (C=O) groups is 1. The van der Waals surface area contributed by atoms with Gasteiger partial charge in [0.05, 0.1) is 12.7 Å². The summed E-state index contributed by atoms with van der Waals surface area (Å²) < 4.78 is 4.96. The predicted molar refractivity (Wildman–Crippen MR) is 89.6 cm³/mol. The first-order valence-corrected chi connectivity index (χ1v) is 7.62. The summed E-state index contributed by atoms with van der Waals surface area (Å²) in [6.07, 6.45) is 5.09. The van der Waals surface area contributed by atoms with Gasteiger partial charge in [0.15, 0.2) is 0 Å². The molecule has 0 radical (unpaired) electrons. The molecule has 1 atom stereocenters. The summed E-state index contributed by atoms with van der Waals surface area (Å²) >= 11 is 0. The van der Waals surface area contributed by atoms with Crippen LogP contribution < -0.4 is 0 Å². The minimum atomic E-state index is -0.577. The van der Waals surface area contributed by atoms with Crippen molar-refractivity contribution in [1.82, 2.24) is 4.98 Å². The second-order valence-corrected chi connectivity index (χ2v) is 5.30. The number of benzene rings is 1. The Balaban J connectivity index is 2.02. The monoisotopic (exact) mass is 311 g/mol. The van der Waals surface area contributed by atoms with E-state index in [2.05, 4.69) is 4.98 Å². The summed E-state index contributed by atoms with van der Waals surface area (Å²) in [5.74, 6) is -0.302. The number of hydrogen-bond acceptors (Lipinski definition) is 4. The van der Waals surface area contributed by atoms with Crippen molar-refractivity contribution in [1.29, 1.82) is 0 Å². The molecule has 0 fully saturated rings. The second-order valence-electron chi connectivity index (χ2n) is 5.30. The molecule has 1 heterocycles. The Kier molecular flexibility index (Phi) is 6.06. The normalized spacial score (nSPS) is 12.7. The molecule has 23 heavy (non-hydrogen) atoms. The molecule has 0 spiro atoms. The molecule has 0 saturated heterocycles. The lowest BCUT2D eigenvalue weighted by molar-refractivity contribution is -0.138. The zero-order valence-corrected chi connectivity index (χ0v) is 13.4. The molecule has 0 aliphatic rings. The molecule has 0 bridgehead atoms. The molecule has 1 aromatic carbocycles. The summed E-state index contributed by atoms with van der Waals surface area (Å²) in [5.41, 5.74) is 3.31. The van der Waals surface area contributed by atoms with E-state index in [1.165, 1.54) is 0 Å². The van der Waals surface area contributed by atoms with Crippen molar-refractivity contribution < 1.29 is 14.6 Å². The van der Waals surface area contributed by atoms with Crippen LogP contribution in [0.1, 0.15) is 36.6 Å². The first-order chi connectivity index (χ1) is 11.1. The third-order valence-corrected chi connectivity index (χ3v) is 3.46. The van der Waals surface area contributed by atoms with E-state index < -0.39 is 6.10 Å². The van der Waals surface area contributed by atoms with Crippen LogP contribution in [0.3, 0.4) is 0 Å². The summed E-state index contributed by atoms with van der Waals surface area (Å²) in [7, 11) is 0. The van der Waals surface area contributed by atoms with Crippen LogP contribution in [0.25, 0.3) is 6.08 Å². The van der Waals surface area contributed by atoms with E-state index in [1.807, 2.05) is 36.4 Å². The van der Waals surface area contributed by atoms with Crippen LogP contribution in [0.5, 0.6) is 0 Å². The number of aromatic nitrogens is 1. The molecule has 2 aromatic rings. The van der Waals surface area contributed by atoms with Crippen LogP contribution >= 0.6 is 0 Å². The summed E-state index contributed by atoms with van der Waals surface area (Å²) in [6, 6.07) is 11.4. The molecule has 120 valence electrons. The van der Waals surface area contributed by atoms with Gasteiger partial charge in [-0.2, -0.15) is 0 Å². The van der Waals surface area contributed by atoms with Gasteiger partial charge in [-0.25, -0.2) is 4.79 Å². The molecule has 4 nitrogen and oxygen atoms in total. The highest BCUT2D eigenvalue weighted by molar-refractivity contribution is 5.92. The Morgan fingerprint density at radius 3 is 2.65 bits per heavy atom. The van der Waals surface area contributed by atoms with Crippen molar-refractivity contribution in [3.63, 3.8) is 0 Å². The van der Waals surface area contributed by atoms with Gasteiger partial charge in [-0.05, 0) is 42.7 Å². The first kappa shape index (κ1) is 16.9. The molecule has 0 aliphatic carbocycles. The molecular formula is C19H21NO3. The highest BCUT2D eigenvalue weighted by Crippen LogP contribution is 2.18. The van der Waals surface area contributed by atoms with E-state index in [1.54, 1.807) is 32.3 Å². The molecule has 1 N–H and O–H groups in total. The standard InChI is InChI=1S/C19H21NO3/c1-3-23-19(22)14(2)11-15-6-8-16(9-7-15)12-18(21)17-5-4-10-20-13-17/h4-11,13,18,21H,3,12H2,1-2H3. The third-order valence-electron chi connectivity index (χ3n) is 3.46. The van der Waals surface area contributed by atoms with Crippen molar-refractivity contribution in [2.45, 2.75) is 26.4 Å². The van der Waals surface area contributed by atoms with Gasteiger partial charge >= 0.3 is 5.97 Å². The summed E-state index contributed by atoms with van der Waals surface area (Å²) in [4.78, 5) is 15.6. The minimum Gasteiger partial charge on any atom is -0.463 e. The number of aliphatic hydroxyl groups excluding tert-OH is 1. The number of carbonyl (C=O) groups excluding carboxylic acids is 1. The molecule has 4 heteroatoms. The van der Waals surface area contributed by atoms with Crippen molar-refractivity contribution in [3.8, 4) is 0 Å². The molecule has 1 unspecified atom stereocenters. The fourth-order valence-electron chi connectivity index (χ4n) is 2.22. The highest BCUT2D eigenvalue weighted by Gasteiger charge is 2.09. The van der Waals surface area contributed by atoms with Crippen LogP contribution in [-0.2, 0) is 16.0 Å². The number of hydrogen-bond donors (Lipinski definition) is 1. The zero-order valence-electron chi connectivity index (χ0n) is 13.4. The van der Waals surface area contributed by atoms with Gasteiger partial charge in [0.1, 0.15) is 0 Å². The van der Waals surface area contributed by atoms with Gasteiger partial charge in [-0.3, -0.25) is 4.98 Å². The number of pyridine rings is 1. The van der Waals surface area contributed by atoms with Crippen LogP contribution in [0, 0.1) is 0 Å². The second kappa shape index (κ2) is 8.25. The Bertz CT molecular complexity index is 663. The topological polar surface area (TPSA) is 59.4 Å². The maximum absolute atomic E-state index is 11.6. The Hall–Kier alpha value is -2.46. The van der Waals surface area contributed by atoms with E-state index in [0.717, 1.165) is 16.7 Å². The lowest BCUT2D eigenvalue weighted by Gasteiger charge is -2.10. The van der Waals surface area contributed by atoms with E-state index in [-0.39, 0.29) is 5.97 Å². The zero-order chi connectivity index (χ0) is 16.7.